The Morgan fingerprint density at radius 3 is 2.44 bits per heavy atom. The van der Waals surface area contributed by atoms with Crippen molar-refractivity contribution in [3.05, 3.63) is 59.7 Å². The van der Waals surface area contributed by atoms with Gasteiger partial charge in [-0.1, -0.05) is 30.3 Å². The highest BCUT2D eigenvalue weighted by atomic mass is 35.5. The average Bonchev–Trinajstić information content (AvgIpc) is 2.59. The molecule has 0 bridgehead atoms. The summed E-state index contributed by atoms with van der Waals surface area (Å²) in [6.45, 7) is 1.61. The summed E-state index contributed by atoms with van der Waals surface area (Å²) < 4.78 is 44.0. The van der Waals surface area contributed by atoms with E-state index in [1.165, 1.54) is 18.2 Å². The lowest BCUT2D eigenvalue weighted by molar-refractivity contribution is -0.139. The molecule has 0 aliphatic heterocycles. The first-order valence-electron chi connectivity index (χ1n) is 8.19. The highest BCUT2D eigenvalue weighted by molar-refractivity contribution is 5.85. The van der Waals surface area contributed by atoms with Crippen molar-refractivity contribution < 1.29 is 22.7 Å². The second kappa shape index (κ2) is 10.1. The number of nitrogens with one attached hydrogen (secondary N) is 1. The van der Waals surface area contributed by atoms with Gasteiger partial charge in [-0.2, -0.15) is 13.2 Å². The molecule has 1 atom stereocenters. The van der Waals surface area contributed by atoms with Crippen molar-refractivity contribution in [3.63, 3.8) is 0 Å². The van der Waals surface area contributed by atoms with Crippen molar-refractivity contribution in [2.75, 3.05) is 12.3 Å². The molecule has 8 heteroatoms. The van der Waals surface area contributed by atoms with Crippen LogP contribution in [-0.4, -0.2) is 18.6 Å². The van der Waals surface area contributed by atoms with E-state index in [1.807, 2.05) is 18.2 Å². The Hall–Kier alpha value is -2.41. The van der Waals surface area contributed by atoms with Crippen LogP contribution in [0.3, 0.4) is 0 Å². The molecule has 0 saturated heterocycles. The molecule has 148 valence electrons. The molecule has 27 heavy (non-hydrogen) atoms. The third-order valence-corrected chi connectivity index (χ3v) is 3.77. The monoisotopic (exact) mass is 402 g/mol. The molecule has 2 aromatic rings. The van der Waals surface area contributed by atoms with Crippen LogP contribution in [0.4, 0.5) is 18.9 Å². The van der Waals surface area contributed by atoms with Crippen molar-refractivity contribution in [2.45, 2.75) is 32.0 Å². The van der Waals surface area contributed by atoms with Crippen LogP contribution in [0.1, 0.15) is 24.5 Å². The molecule has 0 spiro atoms. The van der Waals surface area contributed by atoms with Crippen molar-refractivity contribution in [1.82, 2.24) is 5.32 Å². The van der Waals surface area contributed by atoms with Crippen molar-refractivity contribution in [3.8, 4) is 5.75 Å². The second-order valence-corrected chi connectivity index (χ2v) is 5.97. The van der Waals surface area contributed by atoms with Gasteiger partial charge in [-0.05, 0) is 37.1 Å². The summed E-state index contributed by atoms with van der Waals surface area (Å²) in [5.74, 6) is -0.466. The lowest BCUT2D eigenvalue weighted by Crippen LogP contribution is -2.37. The number of carbonyl (C=O) groups excluding carboxylic acids is 1. The Morgan fingerprint density at radius 1 is 1.15 bits per heavy atom. The van der Waals surface area contributed by atoms with Gasteiger partial charge in [0.1, 0.15) is 12.4 Å². The molecule has 2 aromatic carbocycles. The third kappa shape index (κ3) is 7.02. The predicted octanol–water partition coefficient (Wildman–Crippen LogP) is 4.23. The van der Waals surface area contributed by atoms with Gasteiger partial charge in [-0.25, -0.2) is 0 Å². The van der Waals surface area contributed by atoms with Crippen LogP contribution in [0, 0.1) is 0 Å². The number of nitrogens with two attached hydrogens (primary N) is 1. The largest absolute Gasteiger partial charge is 0.491 e. The normalized spacial score (nSPS) is 12.0. The van der Waals surface area contributed by atoms with E-state index in [2.05, 4.69) is 5.32 Å². The third-order valence-electron chi connectivity index (χ3n) is 3.77. The summed E-state index contributed by atoms with van der Waals surface area (Å²) in [6, 6.07) is 11.8. The van der Waals surface area contributed by atoms with E-state index in [-0.39, 0.29) is 37.1 Å². The molecule has 0 aliphatic rings. The number of nitrogen functional groups attached to an aromatic ring is 1. The van der Waals surface area contributed by atoms with Gasteiger partial charge in [0.15, 0.2) is 0 Å². The Labute approximate surface area is 162 Å². The number of alkyl halides is 3. The van der Waals surface area contributed by atoms with Crippen LogP contribution in [-0.2, 0) is 17.4 Å². The maximum Gasteiger partial charge on any atom is 0.419 e. The maximum absolute atomic E-state index is 12.9. The summed E-state index contributed by atoms with van der Waals surface area (Å²) >= 11 is 0. The van der Waals surface area contributed by atoms with Gasteiger partial charge in [0, 0.05) is 12.1 Å². The van der Waals surface area contributed by atoms with Crippen LogP contribution < -0.4 is 15.8 Å². The highest BCUT2D eigenvalue weighted by Crippen LogP contribution is 2.35. The van der Waals surface area contributed by atoms with Crippen LogP contribution >= 0.6 is 12.4 Å². The number of halogens is 4. The zero-order valence-corrected chi connectivity index (χ0v) is 15.6. The second-order valence-electron chi connectivity index (χ2n) is 5.97. The van der Waals surface area contributed by atoms with E-state index in [4.69, 9.17) is 10.5 Å². The van der Waals surface area contributed by atoms with Gasteiger partial charge < -0.3 is 15.8 Å². The molecule has 1 unspecified atom stereocenters. The standard InChI is InChI=1S/C19H21F3N2O2.ClH/c1-13(12-26-17-9-5-3-7-15(17)19(20,21)22)24-18(25)11-10-14-6-2-4-8-16(14)23;/h2-9,13H,10-12,23H2,1H3,(H,24,25);1H. The molecule has 0 saturated carbocycles. The molecule has 0 aromatic heterocycles. The molecule has 0 heterocycles. The van der Waals surface area contributed by atoms with Crippen molar-refractivity contribution in [1.29, 1.82) is 0 Å². The summed E-state index contributed by atoms with van der Waals surface area (Å²) in [4.78, 5) is 12.0. The van der Waals surface area contributed by atoms with Gasteiger partial charge in [0.2, 0.25) is 5.91 Å². The fourth-order valence-electron chi connectivity index (χ4n) is 2.44. The summed E-state index contributed by atoms with van der Waals surface area (Å²) in [6.07, 6.45) is -3.76. The number of amides is 1. The number of hydrogen-bond donors (Lipinski definition) is 2. The molecular weight excluding hydrogens is 381 g/mol. The first-order chi connectivity index (χ1) is 12.3. The van der Waals surface area contributed by atoms with Gasteiger partial charge in [-0.15, -0.1) is 12.4 Å². The molecule has 1 amide bonds. The predicted molar refractivity (Wildman–Crippen MR) is 101 cm³/mol. The highest BCUT2D eigenvalue weighted by Gasteiger charge is 2.34. The van der Waals surface area contributed by atoms with E-state index in [1.54, 1.807) is 13.0 Å². The first kappa shape index (κ1) is 22.6. The Bertz CT molecular complexity index is 754. The zero-order valence-electron chi connectivity index (χ0n) is 14.8. The van der Waals surface area contributed by atoms with Crippen LogP contribution in [0.2, 0.25) is 0 Å². The topological polar surface area (TPSA) is 64.3 Å². The Kier molecular flexibility index (Phi) is 8.43. The van der Waals surface area contributed by atoms with E-state index in [9.17, 15) is 18.0 Å². The maximum atomic E-state index is 12.9. The van der Waals surface area contributed by atoms with Crippen LogP contribution in [0.5, 0.6) is 5.75 Å². The Balaban J connectivity index is 0.00000364. The molecule has 0 radical (unpaired) electrons. The number of rotatable bonds is 7. The summed E-state index contributed by atoms with van der Waals surface area (Å²) in [7, 11) is 0. The molecule has 0 fully saturated rings. The molecule has 2 rings (SSSR count). The van der Waals surface area contributed by atoms with E-state index in [0.717, 1.165) is 11.6 Å². The number of hydrogen-bond acceptors (Lipinski definition) is 3. The number of carbonyl (C=O) groups is 1. The minimum Gasteiger partial charge on any atom is -0.491 e. The lowest BCUT2D eigenvalue weighted by atomic mass is 10.1. The number of aryl methyl sites for hydroxylation is 1. The van der Waals surface area contributed by atoms with Gasteiger partial charge in [0.25, 0.3) is 0 Å². The molecular formula is C19H22ClF3N2O2. The first-order valence-corrected chi connectivity index (χ1v) is 8.19. The number of benzene rings is 2. The molecule has 0 aliphatic carbocycles. The fraction of sp³-hybridized carbons (Fsp3) is 0.316. The average molecular weight is 403 g/mol. The van der Waals surface area contributed by atoms with Crippen LogP contribution in [0.25, 0.3) is 0 Å². The van der Waals surface area contributed by atoms with Gasteiger partial charge in [-0.3, -0.25) is 4.79 Å². The summed E-state index contributed by atoms with van der Waals surface area (Å²) in [5.41, 5.74) is 6.50. The minimum atomic E-state index is -4.49. The smallest absolute Gasteiger partial charge is 0.419 e. The Morgan fingerprint density at radius 2 is 1.78 bits per heavy atom. The number of para-hydroxylation sites is 2. The number of anilines is 1. The quantitative estimate of drug-likeness (QED) is 0.681. The zero-order chi connectivity index (χ0) is 19.2. The van der Waals surface area contributed by atoms with Crippen molar-refractivity contribution >= 4 is 24.0 Å². The minimum absolute atomic E-state index is 0. The SMILES string of the molecule is CC(COc1ccccc1C(F)(F)F)NC(=O)CCc1ccccc1N.Cl. The number of ether oxygens (including phenoxy) is 1. The van der Waals surface area contributed by atoms with Gasteiger partial charge in [0.05, 0.1) is 11.6 Å². The summed E-state index contributed by atoms with van der Waals surface area (Å²) in [5, 5.41) is 2.71. The van der Waals surface area contributed by atoms with E-state index in [0.29, 0.717) is 12.1 Å². The molecule has 4 nitrogen and oxygen atoms in total. The fourth-order valence-corrected chi connectivity index (χ4v) is 2.44. The van der Waals surface area contributed by atoms with E-state index < -0.39 is 17.8 Å². The lowest BCUT2D eigenvalue weighted by Gasteiger charge is -2.18. The van der Waals surface area contributed by atoms with Crippen molar-refractivity contribution in [2.24, 2.45) is 0 Å². The van der Waals surface area contributed by atoms with E-state index >= 15 is 0 Å². The van der Waals surface area contributed by atoms with Crippen LogP contribution in [0.15, 0.2) is 48.5 Å². The van der Waals surface area contributed by atoms with Gasteiger partial charge >= 0.3 is 6.18 Å². The molecule has 3 N–H and O–H groups in total.